The van der Waals surface area contributed by atoms with Gasteiger partial charge in [-0.3, -0.25) is 4.79 Å². The van der Waals surface area contributed by atoms with Crippen LogP contribution in [0.15, 0.2) is 35.1 Å². The molecule has 0 aliphatic carbocycles. The number of nitrogens with zero attached hydrogens (tertiary/aromatic N) is 4. The highest BCUT2D eigenvalue weighted by Gasteiger charge is 2.15. The first-order chi connectivity index (χ1) is 9.17. The van der Waals surface area contributed by atoms with Crippen molar-refractivity contribution in [1.82, 2.24) is 9.55 Å². The molecule has 1 heterocycles. The van der Waals surface area contributed by atoms with Crippen LogP contribution in [0.4, 0.5) is 0 Å². The van der Waals surface area contributed by atoms with E-state index in [2.05, 4.69) is 20.9 Å². The van der Waals surface area contributed by atoms with Crippen LogP contribution in [0.1, 0.15) is 21.7 Å². The van der Waals surface area contributed by atoms with Crippen molar-refractivity contribution >= 4 is 21.7 Å². The minimum Gasteiger partial charge on any atom is -0.313 e. The fourth-order valence-corrected chi connectivity index (χ4v) is 2.13. The molecule has 1 aromatic heterocycles. The van der Waals surface area contributed by atoms with E-state index in [0.717, 1.165) is 0 Å². The van der Waals surface area contributed by atoms with Crippen molar-refractivity contribution < 1.29 is 4.79 Å². The Morgan fingerprint density at radius 3 is 2.68 bits per heavy atom. The molecule has 6 heteroatoms. The lowest BCUT2D eigenvalue weighted by Gasteiger charge is -2.05. The molecule has 2 rings (SSSR count). The van der Waals surface area contributed by atoms with Crippen molar-refractivity contribution in [2.45, 2.75) is 6.54 Å². The Morgan fingerprint density at radius 1 is 1.32 bits per heavy atom. The van der Waals surface area contributed by atoms with Crippen LogP contribution in [0.5, 0.6) is 0 Å². The summed E-state index contributed by atoms with van der Waals surface area (Å²) in [6.45, 7) is -0.0276. The first-order valence-corrected chi connectivity index (χ1v) is 6.09. The third kappa shape index (κ3) is 2.54. The van der Waals surface area contributed by atoms with E-state index < -0.39 is 0 Å². The normalized spacial score (nSPS) is 9.63. The van der Waals surface area contributed by atoms with Gasteiger partial charge in [-0.2, -0.15) is 10.5 Å². The maximum atomic E-state index is 12.1. The summed E-state index contributed by atoms with van der Waals surface area (Å²) in [5.74, 6) is -0.161. The zero-order valence-corrected chi connectivity index (χ0v) is 11.3. The van der Waals surface area contributed by atoms with Crippen molar-refractivity contribution in [2.75, 3.05) is 0 Å². The van der Waals surface area contributed by atoms with Crippen LogP contribution in [-0.2, 0) is 6.54 Å². The Hall–Kier alpha value is -2.44. The van der Waals surface area contributed by atoms with Crippen LogP contribution in [-0.4, -0.2) is 15.3 Å². The number of hydrogen-bond donors (Lipinski definition) is 0. The summed E-state index contributed by atoms with van der Waals surface area (Å²) in [5.41, 5.74) is 0.656. The number of rotatable bonds is 3. The summed E-state index contributed by atoms with van der Waals surface area (Å²) in [5, 5.41) is 17.8. The van der Waals surface area contributed by atoms with Gasteiger partial charge in [0, 0.05) is 10.0 Å². The van der Waals surface area contributed by atoms with E-state index in [0.29, 0.717) is 10.0 Å². The van der Waals surface area contributed by atoms with Gasteiger partial charge in [-0.1, -0.05) is 34.1 Å². The molecule has 0 bridgehead atoms. The van der Waals surface area contributed by atoms with E-state index >= 15 is 0 Å². The van der Waals surface area contributed by atoms with Crippen LogP contribution >= 0.6 is 15.9 Å². The highest BCUT2D eigenvalue weighted by molar-refractivity contribution is 9.10. The van der Waals surface area contributed by atoms with E-state index in [1.54, 1.807) is 18.2 Å². The van der Waals surface area contributed by atoms with E-state index in [4.69, 9.17) is 10.5 Å². The summed E-state index contributed by atoms with van der Waals surface area (Å²) in [7, 11) is 0. The molecule has 0 fully saturated rings. The van der Waals surface area contributed by atoms with Crippen molar-refractivity contribution in [3.63, 3.8) is 0 Å². The summed E-state index contributed by atoms with van der Waals surface area (Å²) in [6.07, 6.45) is 1.33. The molecule has 0 amide bonds. The van der Waals surface area contributed by atoms with E-state index in [9.17, 15) is 4.79 Å². The van der Waals surface area contributed by atoms with Gasteiger partial charge in [0.05, 0.1) is 12.9 Å². The SMILES string of the molecule is N#Cc1ncn(CC(=O)c2ccccc2Br)c1C#N. The van der Waals surface area contributed by atoms with Gasteiger partial charge in [0.15, 0.2) is 17.2 Å². The number of imidazole rings is 1. The van der Waals surface area contributed by atoms with Gasteiger partial charge in [0.2, 0.25) is 0 Å². The van der Waals surface area contributed by atoms with E-state index in [-0.39, 0.29) is 23.7 Å². The minimum atomic E-state index is -0.161. The summed E-state index contributed by atoms with van der Waals surface area (Å²) in [6, 6.07) is 10.7. The highest BCUT2D eigenvalue weighted by atomic mass is 79.9. The Morgan fingerprint density at radius 2 is 2.05 bits per heavy atom. The quantitative estimate of drug-likeness (QED) is 0.814. The first kappa shape index (κ1) is 13.0. The molecule has 92 valence electrons. The maximum absolute atomic E-state index is 12.1. The fourth-order valence-electron chi connectivity index (χ4n) is 1.63. The Labute approximate surface area is 117 Å². The number of carbonyl (C=O) groups excluding carboxylic acids is 1. The second-order valence-corrected chi connectivity index (χ2v) is 4.55. The van der Waals surface area contributed by atoms with E-state index in [1.165, 1.54) is 10.9 Å². The molecular weight excluding hydrogens is 308 g/mol. The van der Waals surface area contributed by atoms with Crippen molar-refractivity contribution in [2.24, 2.45) is 0 Å². The van der Waals surface area contributed by atoms with Gasteiger partial charge in [0.1, 0.15) is 12.1 Å². The first-order valence-electron chi connectivity index (χ1n) is 5.30. The Bertz CT molecular complexity index is 721. The Balaban J connectivity index is 2.31. The lowest BCUT2D eigenvalue weighted by molar-refractivity contribution is 0.0971. The molecule has 0 atom stereocenters. The molecule has 0 spiro atoms. The predicted molar refractivity (Wildman–Crippen MR) is 70.1 cm³/mol. The summed E-state index contributed by atoms with van der Waals surface area (Å²) < 4.78 is 2.07. The van der Waals surface area contributed by atoms with Crippen molar-refractivity contribution in [3.8, 4) is 12.1 Å². The second-order valence-electron chi connectivity index (χ2n) is 3.70. The maximum Gasteiger partial charge on any atom is 0.183 e. The molecule has 1 aromatic carbocycles. The standard InChI is InChI=1S/C13H7BrN4O/c14-10-4-2-1-3-9(10)13(19)7-18-8-17-11(5-15)12(18)6-16/h1-4,8H,7H2. The minimum absolute atomic E-state index is 0.0276. The number of halogens is 1. The molecule has 0 radical (unpaired) electrons. The second kappa shape index (κ2) is 5.47. The lowest BCUT2D eigenvalue weighted by Crippen LogP contribution is -2.11. The van der Waals surface area contributed by atoms with Gasteiger partial charge in [-0.15, -0.1) is 0 Å². The lowest BCUT2D eigenvalue weighted by atomic mass is 10.1. The van der Waals surface area contributed by atoms with Crippen molar-refractivity contribution in [3.05, 3.63) is 52.0 Å². The van der Waals surface area contributed by atoms with E-state index in [1.807, 2.05) is 18.2 Å². The summed E-state index contributed by atoms with van der Waals surface area (Å²) >= 11 is 3.30. The zero-order chi connectivity index (χ0) is 13.8. The number of benzene rings is 1. The Kier molecular flexibility index (Phi) is 3.74. The van der Waals surface area contributed by atoms with Crippen molar-refractivity contribution in [1.29, 1.82) is 10.5 Å². The molecule has 0 aliphatic heterocycles. The van der Waals surface area contributed by atoms with Gasteiger partial charge < -0.3 is 4.57 Å². The number of hydrogen-bond acceptors (Lipinski definition) is 4. The molecular formula is C13H7BrN4O. The third-order valence-corrected chi connectivity index (χ3v) is 3.23. The fraction of sp³-hybridized carbons (Fsp3) is 0.0769. The number of ketones is 1. The predicted octanol–water partition coefficient (Wildman–Crippen LogP) is 2.27. The number of nitriles is 2. The average Bonchev–Trinajstić information content (AvgIpc) is 2.81. The van der Waals surface area contributed by atoms with Crippen LogP contribution in [0.2, 0.25) is 0 Å². The highest BCUT2D eigenvalue weighted by Crippen LogP contribution is 2.17. The van der Waals surface area contributed by atoms with Gasteiger partial charge >= 0.3 is 0 Å². The van der Waals surface area contributed by atoms with Gasteiger partial charge in [-0.05, 0) is 6.07 Å². The molecule has 0 N–H and O–H groups in total. The molecule has 19 heavy (non-hydrogen) atoms. The molecule has 0 unspecified atom stereocenters. The number of Topliss-reactive ketones (excluding diaryl/α,β-unsaturated/α-hetero) is 1. The molecule has 0 saturated carbocycles. The van der Waals surface area contributed by atoms with Crippen LogP contribution < -0.4 is 0 Å². The topological polar surface area (TPSA) is 82.5 Å². The van der Waals surface area contributed by atoms with Crippen LogP contribution in [0, 0.1) is 22.7 Å². The van der Waals surface area contributed by atoms with Gasteiger partial charge in [0.25, 0.3) is 0 Å². The smallest absolute Gasteiger partial charge is 0.183 e. The summed E-state index contributed by atoms with van der Waals surface area (Å²) in [4.78, 5) is 15.9. The largest absolute Gasteiger partial charge is 0.313 e. The number of aromatic nitrogens is 2. The molecule has 0 saturated heterocycles. The number of carbonyl (C=O) groups is 1. The zero-order valence-electron chi connectivity index (χ0n) is 9.67. The third-order valence-electron chi connectivity index (χ3n) is 2.54. The average molecular weight is 315 g/mol. The molecule has 2 aromatic rings. The molecule has 0 aliphatic rings. The van der Waals surface area contributed by atoms with Crippen LogP contribution in [0.25, 0.3) is 0 Å². The van der Waals surface area contributed by atoms with Gasteiger partial charge in [-0.25, -0.2) is 4.98 Å². The monoisotopic (exact) mass is 314 g/mol. The molecule has 5 nitrogen and oxygen atoms in total. The van der Waals surface area contributed by atoms with Crippen LogP contribution in [0.3, 0.4) is 0 Å².